The van der Waals surface area contributed by atoms with Gasteiger partial charge in [0.15, 0.2) is 11.5 Å². The molecule has 0 aliphatic heterocycles. The van der Waals surface area contributed by atoms with Crippen molar-refractivity contribution in [3.05, 3.63) is 41.2 Å². The van der Waals surface area contributed by atoms with Crippen molar-refractivity contribution >= 4 is 0 Å². The third-order valence-corrected chi connectivity index (χ3v) is 3.63. The Morgan fingerprint density at radius 3 is 2.64 bits per heavy atom. The largest absolute Gasteiger partial charge is 0.493 e. The van der Waals surface area contributed by atoms with Crippen molar-refractivity contribution in [1.82, 2.24) is 15.1 Å². The van der Waals surface area contributed by atoms with Crippen LogP contribution in [0.2, 0.25) is 0 Å². The molecule has 22 heavy (non-hydrogen) atoms. The van der Waals surface area contributed by atoms with E-state index in [0.717, 1.165) is 48.8 Å². The molecule has 0 bridgehead atoms. The Labute approximate surface area is 132 Å². The van der Waals surface area contributed by atoms with E-state index in [9.17, 15) is 0 Å². The van der Waals surface area contributed by atoms with Crippen molar-refractivity contribution in [2.45, 2.75) is 33.4 Å². The van der Waals surface area contributed by atoms with E-state index in [2.05, 4.69) is 34.2 Å². The van der Waals surface area contributed by atoms with Crippen LogP contribution in [-0.2, 0) is 13.1 Å². The SMILES string of the molecule is COc1cccc(CNCCCn2nc(C)cc2C)c1OC. The summed E-state index contributed by atoms with van der Waals surface area (Å²) in [6.45, 7) is 6.74. The first-order chi connectivity index (χ1) is 10.7. The van der Waals surface area contributed by atoms with Gasteiger partial charge in [0, 0.05) is 24.3 Å². The fourth-order valence-corrected chi connectivity index (χ4v) is 2.57. The van der Waals surface area contributed by atoms with Crippen molar-refractivity contribution in [3.8, 4) is 11.5 Å². The molecule has 0 saturated heterocycles. The smallest absolute Gasteiger partial charge is 0.165 e. The molecule has 120 valence electrons. The Bertz CT molecular complexity index is 608. The van der Waals surface area contributed by atoms with E-state index in [-0.39, 0.29) is 0 Å². The maximum atomic E-state index is 5.43. The third kappa shape index (κ3) is 4.01. The van der Waals surface area contributed by atoms with Crippen LogP contribution in [0.4, 0.5) is 0 Å². The summed E-state index contributed by atoms with van der Waals surface area (Å²) in [4.78, 5) is 0. The predicted molar refractivity (Wildman–Crippen MR) is 87.6 cm³/mol. The molecule has 2 rings (SSSR count). The van der Waals surface area contributed by atoms with Gasteiger partial charge >= 0.3 is 0 Å². The quantitative estimate of drug-likeness (QED) is 0.762. The standard InChI is InChI=1S/C17H25N3O2/c1-13-11-14(2)20(19-13)10-6-9-18-12-15-7-5-8-16(21-3)17(15)22-4/h5,7-8,11,18H,6,9-10,12H2,1-4H3. The number of aromatic nitrogens is 2. The van der Waals surface area contributed by atoms with Crippen LogP contribution in [-0.4, -0.2) is 30.5 Å². The zero-order valence-electron chi connectivity index (χ0n) is 13.8. The van der Waals surface area contributed by atoms with Crippen LogP contribution < -0.4 is 14.8 Å². The van der Waals surface area contributed by atoms with Gasteiger partial charge in [-0.05, 0) is 38.9 Å². The highest BCUT2D eigenvalue weighted by atomic mass is 16.5. The lowest BCUT2D eigenvalue weighted by molar-refractivity contribution is 0.350. The molecule has 1 heterocycles. The molecule has 0 fully saturated rings. The first-order valence-corrected chi connectivity index (χ1v) is 7.57. The van der Waals surface area contributed by atoms with Gasteiger partial charge in [0.1, 0.15) is 0 Å². The van der Waals surface area contributed by atoms with Crippen LogP contribution in [0.15, 0.2) is 24.3 Å². The first-order valence-electron chi connectivity index (χ1n) is 7.57. The number of rotatable bonds is 8. The summed E-state index contributed by atoms with van der Waals surface area (Å²) in [6.07, 6.45) is 1.04. The average Bonchev–Trinajstić information content (AvgIpc) is 2.84. The van der Waals surface area contributed by atoms with Gasteiger partial charge in [0.25, 0.3) is 0 Å². The number of ether oxygens (including phenoxy) is 2. The zero-order chi connectivity index (χ0) is 15.9. The second kappa shape index (κ2) is 7.84. The Morgan fingerprint density at radius 1 is 1.18 bits per heavy atom. The molecule has 2 aromatic rings. The van der Waals surface area contributed by atoms with Gasteiger partial charge in [-0.1, -0.05) is 12.1 Å². The molecule has 5 nitrogen and oxygen atoms in total. The highest BCUT2D eigenvalue weighted by molar-refractivity contribution is 5.46. The number of hydrogen-bond acceptors (Lipinski definition) is 4. The van der Waals surface area contributed by atoms with E-state index in [1.807, 2.05) is 19.1 Å². The number of hydrogen-bond donors (Lipinski definition) is 1. The molecule has 0 atom stereocenters. The van der Waals surface area contributed by atoms with Gasteiger partial charge in [0.2, 0.25) is 0 Å². The molecule has 0 radical (unpaired) electrons. The molecular formula is C17H25N3O2. The van der Waals surface area contributed by atoms with Crippen molar-refractivity contribution < 1.29 is 9.47 Å². The van der Waals surface area contributed by atoms with E-state index in [4.69, 9.17) is 9.47 Å². The minimum atomic E-state index is 0.761. The van der Waals surface area contributed by atoms with Gasteiger partial charge in [0.05, 0.1) is 19.9 Å². The van der Waals surface area contributed by atoms with Crippen LogP contribution in [0.1, 0.15) is 23.4 Å². The molecule has 1 aromatic carbocycles. The number of methoxy groups -OCH3 is 2. The minimum absolute atomic E-state index is 0.761. The van der Waals surface area contributed by atoms with E-state index in [1.54, 1.807) is 14.2 Å². The summed E-state index contributed by atoms with van der Waals surface area (Å²) in [5.74, 6) is 1.57. The summed E-state index contributed by atoms with van der Waals surface area (Å²) in [7, 11) is 3.33. The summed E-state index contributed by atoms with van der Waals surface area (Å²) >= 11 is 0. The highest BCUT2D eigenvalue weighted by Crippen LogP contribution is 2.30. The molecule has 1 N–H and O–H groups in total. The molecule has 0 aliphatic carbocycles. The normalized spacial score (nSPS) is 10.7. The van der Waals surface area contributed by atoms with Gasteiger partial charge < -0.3 is 14.8 Å². The Kier molecular flexibility index (Phi) is 5.83. The Hall–Kier alpha value is -2.01. The van der Waals surface area contributed by atoms with E-state index >= 15 is 0 Å². The highest BCUT2D eigenvalue weighted by Gasteiger charge is 2.08. The Morgan fingerprint density at radius 2 is 2.00 bits per heavy atom. The van der Waals surface area contributed by atoms with Gasteiger partial charge in [-0.15, -0.1) is 0 Å². The lowest BCUT2D eigenvalue weighted by atomic mass is 10.2. The van der Waals surface area contributed by atoms with Crippen LogP contribution in [0, 0.1) is 13.8 Å². The molecular weight excluding hydrogens is 278 g/mol. The molecule has 0 spiro atoms. The van der Waals surface area contributed by atoms with Crippen molar-refractivity contribution in [2.75, 3.05) is 20.8 Å². The third-order valence-electron chi connectivity index (χ3n) is 3.63. The van der Waals surface area contributed by atoms with Crippen LogP contribution in [0.3, 0.4) is 0 Å². The second-order valence-electron chi connectivity index (χ2n) is 5.33. The monoisotopic (exact) mass is 303 g/mol. The fraction of sp³-hybridized carbons (Fsp3) is 0.471. The van der Waals surface area contributed by atoms with Crippen LogP contribution >= 0.6 is 0 Å². The van der Waals surface area contributed by atoms with E-state index in [1.165, 1.54) is 5.69 Å². The molecule has 0 aliphatic rings. The zero-order valence-corrected chi connectivity index (χ0v) is 13.8. The fourth-order valence-electron chi connectivity index (χ4n) is 2.57. The van der Waals surface area contributed by atoms with E-state index in [0.29, 0.717) is 0 Å². The summed E-state index contributed by atoms with van der Waals surface area (Å²) in [6, 6.07) is 8.04. The van der Waals surface area contributed by atoms with Gasteiger partial charge in [-0.2, -0.15) is 5.10 Å². The molecule has 1 aromatic heterocycles. The molecule has 5 heteroatoms. The lowest BCUT2D eigenvalue weighted by Crippen LogP contribution is -2.17. The van der Waals surface area contributed by atoms with Crippen molar-refractivity contribution in [3.63, 3.8) is 0 Å². The van der Waals surface area contributed by atoms with Gasteiger partial charge in [-0.3, -0.25) is 4.68 Å². The number of nitrogens with one attached hydrogen (secondary N) is 1. The summed E-state index contributed by atoms with van der Waals surface area (Å²) < 4.78 is 12.8. The molecule has 0 unspecified atom stereocenters. The van der Waals surface area contributed by atoms with Crippen molar-refractivity contribution in [2.24, 2.45) is 0 Å². The topological polar surface area (TPSA) is 48.3 Å². The van der Waals surface area contributed by atoms with Crippen LogP contribution in [0.5, 0.6) is 11.5 Å². The first kappa shape index (κ1) is 16.4. The number of nitrogens with zero attached hydrogens (tertiary/aromatic N) is 2. The predicted octanol–water partition coefficient (Wildman–Crippen LogP) is 2.70. The molecule has 0 saturated carbocycles. The summed E-state index contributed by atoms with van der Waals surface area (Å²) in [5.41, 5.74) is 3.39. The minimum Gasteiger partial charge on any atom is -0.493 e. The maximum Gasteiger partial charge on any atom is 0.165 e. The van der Waals surface area contributed by atoms with Crippen LogP contribution in [0.25, 0.3) is 0 Å². The van der Waals surface area contributed by atoms with Gasteiger partial charge in [-0.25, -0.2) is 0 Å². The maximum absolute atomic E-state index is 5.43. The lowest BCUT2D eigenvalue weighted by Gasteiger charge is -2.13. The number of para-hydroxylation sites is 1. The summed E-state index contributed by atoms with van der Waals surface area (Å²) in [5, 5.41) is 7.92. The average molecular weight is 303 g/mol. The number of benzene rings is 1. The van der Waals surface area contributed by atoms with E-state index < -0.39 is 0 Å². The second-order valence-corrected chi connectivity index (χ2v) is 5.33. The molecule has 0 amide bonds. The Balaban J connectivity index is 1.81. The van der Waals surface area contributed by atoms with Crippen molar-refractivity contribution in [1.29, 1.82) is 0 Å². The number of aryl methyl sites for hydroxylation is 3.